The second-order valence-electron chi connectivity index (χ2n) is 7.48. The number of ether oxygens (including phenoxy) is 1. The number of para-hydroxylation sites is 1. The summed E-state index contributed by atoms with van der Waals surface area (Å²) in [6.45, 7) is 1.80. The van der Waals surface area contributed by atoms with E-state index in [9.17, 15) is 4.79 Å². The number of amides is 1. The van der Waals surface area contributed by atoms with Gasteiger partial charge in [-0.1, -0.05) is 42.5 Å². The predicted octanol–water partition coefficient (Wildman–Crippen LogP) is 3.19. The normalized spacial score (nSPS) is 13.5. The van der Waals surface area contributed by atoms with Gasteiger partial charge in [-0.2, -0.15) is 5.10 Å². The highest BCUT2D eigenvalue weighted by molar-refractivity contribution is 6.07. The Labute approximate surface area is 178 Å². The first-order valence-corrected chi connectivity index (χ1v) is 10.2. The number of rotatable bonds is 5. The molecule has 5 rings (SSSR count). The molecule has 31 heavy (non-hydrogen) atoms. The van der Waals surface area contributed by atoms with Crippen LogP contribution in [0.3, 0.4) is 0 Å². The van der Waals surface area contributed by atoms with Gasteiger partial charge in [0.25, 0.3) is 5.91 Å². The van der Waals surface area contributed by atoms with Crippen LogP contribution in [-0.4, -0.2) is 32.7 Å². The molecular weight excluding hydrogens is 392 g/mol. The number of hydrogen-bond donors (Lipinski definition) is 3. The van der Waals surface area contributed by atoms with Gasteiger partial charge in [-0.05, 0) is 24.5 Å². The number of H-pyrrole nitrogens is 1. The molecule has 1 amide bonds. The molecule has 0 atom stereocenters. The number of nitrogens with two attached hydrogens (primary N) is 1. The molecule has 8 nitrogen and oxygen atoms in total. The number of aromatic amines is 1. The van der Waals surface area contributed by atoms with Crippen molar-refractivity contribution in [3.05, 3.63) is 70.9 Å². The zero-order valence-corrected chi connectivity index (χ0v) is 16.9. The second kappa shape index (κ2) is 8.16. The Bertz CT molecular complexity index is 1250. The minimum Gasteiger partial charge on any atom is -0.377 e. The van der Waals surface area contributed by atoms with Crippen molar-refractivity contribution in [2.45, 2.75) is 26.0 Å². The lowest BCUT2D eigenvalue weighted by molar-refractivity contribution is 0.100. The van der Waals surface area contributed by atoms with Crippen molar-refractivity contribution >= 4 is 22.6 Å². The van der Waals surface area contributed by atoms with Gasteiger partial charge in [0.2, 0.25) is 0 Å². The Kier molecular flexibility index (Phi) is 5.05. The van der Waals surface area contributed by atoms with Gasteiger partial charge in [-0.25, -0.2) is 9.97 Å². The fourth-order valence-electron chi connectivity index (χ4n) is 3.86. The number of aromatic nitrogens is 4. The second-order valence-corrected chi connectivity index (χ2v) is 7.48. The molecule has 1 aliphatic rings. The zero-order chi connectivity index (χ0) is 21.2. The summed E-state index contributed by atoms with van der Waals surface area (Å²) < 4.78 is 5.76. The molecule has 2 aromatic heterocycles. The third-order valence-corrected chi connectivity index (χ3v) is 5.42. The Balaban J connectivity index is 1.59. The molecule has 156 valence electrons. The van der Waals surface area contributed by atoms with E-state index in [4.69, 9.17) is 20.4 Å². The lowest BCUT2D eigenvalue weighted by Crippen LogP contribution is -2.11. The summed E-state index contributed by atoms with van der Waals surface area (Å²) in [6, 6.07) is 15.5. The summed E-state index contributed by atoms with van der Waals surface area (Å²) in [5.74, 6) is 0.739. The van der Waals surface area contributed by atoms with Crippen molar-refractivity contribution < 1.29 is 9.53 Å². The standard InChI is InChI=1S/C23H22N6O2/c24-21(30)16-9-4-8-15-19(16)28-29-20(15)23-26-18-10-5-11-31-13-17(18)22(27-23)25-12-14-6-2-1-3-7-14/h1-4,6-9H,5,10-13H2,(H2,24,30)(H,28,29)(H,25,26,27). The van der Waals surface area contributed by atoms with E-state index in [1.165, 1.54) is 0 Å². The zero-order valence-electron chi connectivity index (χ0n) is 16.9. The number of primary amides is 1. The minimum atomic E-state index is -0.508. The maximum absolute atomic E-state index is 11.8. The van der Waals surface area contributed by atoms with Crippen LogP contribution in [0.4, 0.5) is 5.82 Å². The molecule has 0 bridgehead atoms. The van der Waals surface area contributed by atoms with Crippen LogP contribution in [0.15, 0.2) is 48.5 Å². The maximum atomic E-state index is 11.8. The van der Waals surface area contributed by atoms with Crippen molar-refractivity contribution in [1.29, 1.82) is 0 Å². The fraction of sp³-hybridized carbons (Fsp3) is 0.217. The molecule has 4 N–H and O–H groups in total. The highest BCUT2D eigenvalue weighted by Crippen LogP contribution is 2.30. The number of nitrogens with one attached hydrogen (secondary N) is 2. The van der Waals surface area contributed by atoms with Crippen LogP contribution < -0.4 is 11.1 Å². The first kappa shape index (κ1) is 19.2. The topological polar surface area (TPSA) is 119 Å². The van der Waals surface area contributed by atoms with E-state index in [0.29, 0.717) is 42.4 Å². The summed E-state index contributed by atoms with van der Waals surface area (Å²) in [7, 11) is 0. The smallest absolute Gasteiger partial charge is 0.250 e. The van der Waals surface area contributed by atoms with Crippen LogP contribution in [0, 0.1) is 0 Å². The SMILES string of the molecule is NC(=O)c1cccc2c(-c3nc4c(c(NCc5ccccc5)n3)COCCC4)n[nH]c12. The Morgan fingerprint density at radius 3 is 2.84 bits per heavy atom. The molecule has 0 saturated carbocycles. The molecule has 0 fully saturated rings. The van der Waals surface area contributed by atoms with E-state index in [1.54, 1.807) is 12.1 Å². The molecule has 0 aliphatic carbocycles. The van der Waals surface area contributed by atoms with Gasteiger partial charge in [-0.3, -0.25) is 9.89 Å². The van der Waals surface area contributed by atoms with E-state index < -0.39 is 5.91 Å². The number of hydrogen-bond acceptors (Lipinski definition) is 6. The van der Waals surface area contributed by atoms with Gasteiger partial charge in [0.15, 0.2) is 5.82 Å². The third kappa shape index (κ3) is 3.73. The van der Waals surface area contributed by atoms with Crippen LogP contribution in [0.2, 0.25) is 0 Å². The minimum absolute atomic E-state index is 0.391. The number of anilines is 1. The number of nitrogens with zero attached hydrogens (tertiary/aromatic N) is 3. The summed E-state index contributed by atoms with van der Waals surface area (Å²) in [4.78, 5) is 21.4. The lowest BCUT2D eigenvalue weighted by Gasteiger charge is -2.14. The van der Waals surface area contributed by atoms with Gasteiger partial charge in [0, 0.05) is 24.1 Å². The van der Waals surface area contributed by atoms with Crippen molar-refractivity contribution in [3.63, 3.8) is 0 Å². The van der Waals surface area contributed by atoms with E-state index in [0.717, 1.165) is 40.9 Å². The number of carbonyl (C=O) groups is 1. The average Bonchev–Trinajstić information content (AvgIpc) is 3.08. The molecule has 1 aliphatic heterocycles. The first-order chi connectivity index (χ1) is 15.2. The third-order valence-electron chi connectivity index (χ3n) is 5.42. The van der Waals surface area contributed by atoms with Crippen molar-refractivity contribution in [2.75, 3.05) is 11.9 Å². The van der Waals surface area contributed by atoms with E-state index in [2.05, 4.69) is 27.6 Å². The molecule has 8 heteroatoms. The largest absolute Gasteiger partial charge is 0.377 e. The van der Waals surface area contributed by atoms with E-state index in [-0.39, 0.29) is 0 Å². The molecule has 2 aromatic carbocycles. The molecular formula is C23H22N6O2. The molecule has 0 spiro atoms. The van der Waals surface area contributed by atoms with Gasteiger partial charge in [-0.15, -0.1) is 0 Å². The summed E-state index contributed by atoms with van der Waals surface area (Å²) in [6.07, 6.45) is 1.70. The van der Waals surface area contributed by atoms with Crippen LogP contribution in [0.1, 0.15) is 33.6 Å². The number of carbonyl (C=O) groups excluding carboxylic acids is 1. The summed E-state index contributed by atoms with van der Waals surface area (Å²) in [5, 5.41) is 11.6. The summed E-state index contributed by atoms with van der Waals surface area (Å²) >= 11 is 0. The highest BCUT2D eigenvalue weighted by Gasteiger charge is 2.21. The Morgan fingerprint density at radius 2 is 2.00 bits per heavy atom. The Hall–Kier alpha value is -3.78. The van der Waals surface area contributed by atoms with Crippen molar-refractivity contribution in [3.8, 4) is 11.5 Å². The predicted molar refractivity (Wildman–Crippen MR) is 117 cm³/mol. The van der Waals surface area contributed by atoms with Crippen LogP contribution in [0.25, 0.3) is 22.4 Å². The highest BCUT2D eigenvalue weighted by atomic mass is 16.5. The Morgan fingerprint density at radius 1 is 1.13 bits per heavy atom. The summed E-state index contributed by atoms with van der Waals surface area (Å²) in [5.41, 5.74) is 10.2. The number of benzene rings is 2. The number of fused-ring (bicyclic) bond motifs is 2. The maximum Gasteiger partial charge on any atom is 0.250 e. The van der Waals surface area contributed by atoms with Gasteiger partial charge < -0.3 is 15.8 Å². The molecule has 0 unspecified atom stereocenters. The van der Waals surface area contributed by atoms with Gasteiger partial charge in [0.1, 0.15) is 11.5 Å². The van der Waals surface area contributed by atoms with Crippen LogP contribution >= 0.6 is 0 Å². The molecule has 0 saturated heterocycles. The molecule has 0 radical (unpaired) electrons. The lowest BCUT2D eigenvalue weighted by atomic mass is 10.1. The fourth-order valence-corrected chi connectivity index (χ4v) is 3.86. The quantitative estimate of drug-likeness (QED) is 0.461. The van der Waals surface area contributed by atoms with Crippen LogP contribution in [-0.2, 0) is 24.3 Å². The number of aryl methyl sites for hydroxylation is 1. The van der Waals surface area contributed by atoms with E-state index in [1.807, 2.05) is 24.3 Å². The molecule has 3 heterocycles. The van der Waals surface area contributed by atoms with Gasteiger partial charge >= 0.3 is 0 Å². The average molecular weight is 414 g/mol. The van der Waals surface area contributed by atoms with Crippen LogP contribution in [0.5, 0.6) is 0 Å². The van der Waals surface area contributed by atoms with E-state index >= 15 is 0 Å². The van der Waals surface area contributed by atoms with Crippen molar-refractivity contribution in [1.82, 2.24) is 20.2 Å². The first-order valence-electron chi connectivity index (χ1n) is 10.2. The molecule has 4 aromatic rings. The van der Waals surface area contributed by atoms with Gasteiger partial charge in [0.05, 0.1) is 23.4 Å². The van der Waals surface area contributed by atoms with Crippen molar-refractivity contribution in [2.24, 2.45) is 5.73 Å². The monoisotopic (exact) mass is 414 g/mol.